The van der Waals surface area contributed by atoms with Gasteiger partial charge in [0.15, 0.2) is 17.0 Å². The first-order valence-electron chi connectivity index (χ1n) is 13.3. The van der Waals surface area contributed by atoms with Crippen molar-refractivity contribution in [1.82, 2.24) is 24.4 Å². The molecular weight excluding hydrogens is 428 g/mol. The number of carbonyl (C=O) groups excluding carboxylic acids is 1. The van der Waals surface area contributed by atoms with E-state index in [1.165, 1.54) is 25.7 Å². The van der Waals surface area contributed by atoms with Gasteiger partial charge in [-0.3, -0.25) is 4.79 Å². The number of aromatic nitrogens is 4. The highest BCUT2D eigenvalue weighted by Gasteiger charge is 2.27. The summed E-state index contributed by atoms with van der Waals surface area (Å²) < 4.78 is 2.26. The Morgan fingerprint density at radius 2 is 1.65 bits per heavy atom. The molecule has 1 aliphatic heterocycles. The molecule has 0 radical (unpaired) electrons. The summed E-state index contributed by atoms with van der Waals surface area (Å²) in [5.74, 6) is 1.79. The summed E-state index contributed by atoms with van der Waals surface area (Å²) in [4.78, 5) is 29.0. The van der Waals surface area contributed by atoms with Gasteiger partial charge in [-0.25, -0.2) is 4.98 Å². The smallest absolute Gasteiger partial charge is 0.227 e. The largest absolute Gasteiger partial charge is 0.365 e. The second-order valence-corrected chi connectivity index (χ2v) is 10.8. The molecule has 186 valence electrons. The zero-order valence-electron chi connectivity index (χ0n) is 20.7. The lowest BCUT2D eigenvalue weighted by Crippen LogP contribution is -2.44. The van der Waals surface area contributed by atoms with Crippen molar-refractivity contribution in [2.45, 2.75) is 102 Å². The number of hydrogen-bond donors (Lipinski definition) is 3. The zero-order chi connectivity index (χ0) is 23.7. The molecule has 3 aliphatic rings. The number of fused-ring (bicyclic) bond motifs is 1. The molecule has 34 heavy (non-hydrogen) atoms. The number of nitrogens with one attached hydrogen (secondary N) is 2. The van der Waals surface area contributed by atoms with E-state index in [9.17, 15) is 4.79 Å². The van der Waals surface area contributed by atoms with E-state index < -0.39 is 0 Å². The minimum absolute atomic E-state index is 0.0496. The Morgan fingerprint density at radius 3 is 2.32 bits per heavy atom. The van der Waals surface area contributed by atoms with Gasteiger partial charge < -0.3 is 25.8 Å². The van der Waals surface area contributed by atoms with Crippen LogP contribution in [-0.4, -0.2) is 61.5 Å². The lowest BCUT2D eigenvalue weighted by atomic mass is 9.92. The summed E-state index contributed by atoms with van der Waals surface area (Å²) in [7, 11) is 0. The van der Waals surface area contributed by atoms with Gasteiger partial charge >= 0.3 is 0 Å². The van der Waals surface area contributed by atoms with Gasteiger partial charge in [0, 0.05) is 43.2 Å². The fraction of sp³-hybridized carbons (Fsp3) is 0.760. The minimum Gasteiger partial charge on any atom is -0.365 e. The third-order valence-electron chi connectivity index (χ3n) is 7.89. The number of anilines is 2. The molecule has 0 atom stereocenters. The highest BCUT2D eigenvalue weighted by Crippen LogP contribution is 2.34. The van der Waals surface area contributed by atoms with Crippen LogP contribution >= 0.6 is 0 Å². The summed E-state index contributed by atoms with van der Waals surface area (Å²) in [5.41, 5.74) is 7.88. The van der Waals surface area contributed by atoms with Crippen molar-refractivity contribution in [2.24, 2.45) is 11.7 Å². The third-order valence-corrected chi connectivity index (χ3v) is 7.89. The molecular formula is C25H40N8O. The van der Waals surface area contributed by atoms with Gasteiger partial charge in [-0.1, -0.05) is 26.7 Å². The maximum Gasteiger partial charge on any atom is 0.227 e. The molecule has 9 nitrogen and oxygen atoms in total. The number of rotatable bonds is 6. The second kappa shape index (κ2) is 10.1. The fourth-order valence-corrected chi connectivity index (χ4v) is 5.78. The lowest BCUT2D eigenvalue weighted by molar-refractivity contribution is -0.135. The number of hydrogen-bond acceptors (Lipinski definition) is 7. The summed E-state index contributed by atoms with van der Waals surface area (Å²) in [5, 5.41) is 7.28. The molecule has 1 amide bonds. The monoisotopic (exact) mass is 468 g/mol. The summed E-state index contributed by atoms with van der Waals surface area (Å²) >= 11 is 0. The number of likely N-dealkylation sites (tertiary alicyclic amines) is 1. The van der Waals surface area contributed by atoms with Crippen LogP contribution in [0.2, 0.25) is 0 Å². The third kappa shape index (κ3) is 4.99. The SMILES string of the molecule is CC(C)C(=O)N1CCC(Nc2nc(N[C@H]3CC[C@H](N)CC3)nc3c2ncn3C2CCCC2)CC1. The highest BCUT2D eigenvalue weighted by molar-refractivity contribution is 5.84. The van der Waals surface area contributed by atoms with Crippen LogP contribution in [0, 0.1) is 5.92 Å². The predicted molar refractivity (Wildman–Crippen MR) is 135 cm³/mol. The lowest BCUT2D eigenvalue weighted by Gasteiger charge is -2.33. The number of nitrogens with zero attached hydrogens (tertiary/aromatic N) is 5. The van der Waals surface area contributed by atoms with Crippen LogP contribution in [0.1, 0.15) is 84.1 Å². The Bertz CT molecular complexity index is 982. The van der Waals surface area contributed by atoms with Gasteiger partial charge in [-0.2, -0.15) is 9.97 Å². The van der Waals surface area contributed by atoms with Crippen LogP contribution in [0.15, 0.2) is 6.33 Å². The summed E-state index contributed by atoms with van der Waals surface area (Å²) in [6, 6.07) is 1.42. The van der Waals surface area contributed by atoms with Crippen molar-refractivity contribution in [1.29, 1.82) is 0 Å². The Kier molecular flexibility index (Phi) is 6.90. The van der Waals surface area contributed by atoms with Crippen molar-refractivity contribution < 1.29 is 4.79 Å². The van der Waals surface area contributed by atoms with Crippen LogP contribution in [-0.2, 0) is 4.79 Å². The molecule has 2 saturated carbocycles. The van der Waals surface area contributed by atoms with E-state index in [2.05, 4.69) is 15.2 Å². The Morgan fingerprint density at radius 1 is 0.971 bits per heavy atom. The maximum absolute atomic E-state index is 12.4. The first-order valence-corrected chi connectivity index (χ1v) is 13.3. The molecule has 1 saturated heterocycles. The number of carbonyl (C=O) groups is 1. The van der Waals surface area contributed by atoms with Gasteiger partial charge in [-0.05, 0) is 51.4 Å². The van der Waals surface area contributed by atoms with Gasteiger partial charge in [0.1, 0.15) is 0 Å². The van der Waals surface area contributed by atoms with Crippen LogP contribution in [0.3, 0.4) is 0 Å². The van der Waals surface area contributed by atoms with Crippen LogP contribution in [0.25, 0.3) is 11.2 Å². The first kappa shape index (κ1) is 23.3. The van der Waals surface area contributed by atoms with Gasteiger partial charge in [0.05, 0.1) is 6.33 Å². The molecule has 2 aromatic heterocycles. The van der Waals surface area contributed by atoms with Crippen molar-refractivity contribution in [3.05, 3.63) is 6.33 Å². The average molecular weight is 469 g/mol. The summed E-state index contributed by atoms with van der Waals surface area (Å²) in [6.45, 7) is 5.51. The molecule has 2 aliphatic carbocycles. The van der Waals surface area contributed by atoms with Gasteiger partial charge in [0.25, 0.3) is 0 Å². The van der Waals surface area contributed by atoms with E-state index in [-0.39, 0.29) is 17.9 Å². The molecule has 9 heteroatoms. The number of imidazole rings is 1. The van der Waals surface area contributed by atoms with Gasteiger partial charge in [0.2, 0.25) is 11.9 Å². The van der Waals surface area contributed by atoms with Crippen molar-refractivity contribution in [3.63, 3.8) is 0 Å². The van der Waals surface area contributed by atoms with E-state index in [4.69, 9.17) is 20.7 Å². The predicted octanol–water partition coefficient (Wildman–Crippen LogP) is 3.68. The average Bonchev–Trinajstić information content (AvgIpc) is 3.50. The first-order chi connectivity index (χ1) is 16.5. The number of nitrogens with two attached hydrogens (primary N) is 1. The van der Waals surface area contributed by atoms with Crippen molar-refractivity contribution >= 4 is 28.8 Å². The van der Waals surface area contributed by atoms with E-state index in [0.29, 0.717) is 24.1 Å². The summed E-state index contributed by atoms with van der Waals surface area (Å²) in [6.07, 6.45) is 12.9. The maximum atomic E-state index is 12.4. The van der Waals surface area contributed by atoms with Crippen LogP contribution < -0.4 is 16.4 Å². The second-order valence-electron chi connectivity index (χ2n) is 10.8. The Labute approximate surface area is 202 Å². The molecule has 2 aromatic rings. The molecule has 0 aromatic carbocycles. The van der Waals surface area contributed by atoms with Crippen molar-refractivity contribution in [3.8, 4) is 0 Å². The van der Waals surface area contributed by atoms with Gasteiger partial charge in [-0.15, -0.1) is 0 Å². The minimum atomic E-state index is 0.0496. The molecule has 4 N–H and O–H groups in total. The quantitative estimate of drug-likeness (QED) is 0.592. The molecule has 0 spiro atoms. The Hall–Kier alpha value is -2.42. The molecule has 3 heterocycles. The standard InChI is InChI=1S/C25H40N8O/c1-16(2)24(34)32-13-11-19(12-14-32)28-22-21-23(33(15-27-21)20-5-3-4-6-20)31-25(30-22)29-18-9-7-17(26)8-10-18/h15-20H,3-14,26H2,1-2H3,(H2,28,29,30,31)/t17-,18-. The molecule has 0 unspecified atom stereocenters. The van der Waals surface area contributed by atoms with E-state index in [1.54, 1.807) is 0 Å². The van der Waals surface area contributed by atoms with Crippen molar-refractivity contribution in [2.75, 3.05) is 23.7 Å². The van der Waals surface area contributed by atoms with Crippen LogP contribution in [0.4, 0.5) is 11.8 Å². The van der Waals surface area contributed by atoms with Crippen LogP contribution in [0.5, 0.6) is 0 Å². The van der Waals surface area contributed by atoms with E-state index in [0.717, 1.165) is 68.6 Å². The zero-order valence-corrected chi connectivity index (χ0v) is 20.7. The fourth-order valence-electron chi connectivity index (χ4n) is 5.78. The number of piperidine rings is 1. The molecule has 3 fully saturated rings. The van der Waals surface area contributed by atoms with E-state index in [1.807, 2.05) is 25.1 Å². The van der Waals surface area contributed by atoms with E-state index >= 15 is 0 Å². The number of amides is 1. The molecule has 5 rings (SSSR count). The Balaban J connectivity index is 1.37. The topological polar surface area (TPSA) is 114 Å². The normalized spacial score (nSPS) is 24.8. The molecule has 0 bridgehead atoms. The highest BCUT2D eigenvalue weighted by atomic mass is 16.2.